The van der Waals surface area contributed by atoms with Crippen LogP contribution in [0, 0.1) is 20.2 Å². The van der Waals surface area contributed by atoms with Gasteiger partial charge < -0.3 is 15.2 Å². The largest absolute Gasteiger partial charge is 0.502 e. The number of hydrogen-bond acceptors (Lipinski definition) is 10. The Hall–Kier alpha value is -5.63. The second-order valence-electron chi connectivity index (χ2n) is 9.09. The highest BCUT2D eigenvalue weighted by Gasteiger charge is 2.33. The lowest BCUT2D eigenvalue weighted by atomic mass is 9.95. The summed E-state index contributed by atoms with van der Waals surface area (Å²) >= 11 is 0.908. The number of nitrogens with one attached hydrogen (secondary N) is 1. The monoisotopic (exact) mass is 587 g/mol. The molecule has 3 aromatic carbocycles. The molecule has 1 atom stereocenters. The van der Waals surface area contributed by atoms with Crippen LogP contribution in [0.1, 0.15) is 24.1 Å². The van der Waals surface area contributed by atoms with E-state index in [0.717, 1.165) is 23.5 Å². The van der Waals surface area contributed by atoms with Crippen LogP contribution in [0.25, 0.3) is 6.08 Å². The Morgan fingerprint density at radius 1 is 1.10 bits per heavy atom. The fourth-order valence-corrected chi connectivity index (χ4v) is 5.59. The average molecular weight is 588 g/mol. The minimum Gasteiger partial charge on any atom is -0.502 e. The maximum absolute atomic E-state index is 13.9. The summed E-state index contributed by atoms with van der Waals surface area (Å²) < 4.78 is 6.55. The average Bonchev–Trinajstić information content (AvgIpc) is 3.27. The molecule has 0 saturated carbocycles. The molecule has 1 aromatic heterocycles. The predicted molar refractivity (Wildman–Crippen MR) is 153 cm³/mol. The zero-order valence-corrected chi connectivity index (χ0v) is 22.8. The number of benzene rings is 3. The molecule has 1 aliphatic heterocycles. The van der Waals surface area contributed by atoms with Gasteiger partial charge in [0.2, 0.25) is 5.75 Å². The van der Waals surface area contributed by atoms with Gasteiger partial charge in [-0.25, -0.2) is 4.99 Å². The Kier molecular flexibility index (Phi) is 7.37. The van der Waals surface area contributed by atoms with Gasteiger partial charge in [-0.1, -0.05) is 41.7 Å². The van der Waals surface area contributed by atoms with E-state index in [1.54, 1.807) is 61.5 Å². The van der Waals surface area contributed by atoms with E-state index in [1.165, 1.54) is 11.7 Å². The minimum atomic E-state index is -0.952. The Bertz CT molecular complexity index is 1960. The third kappa shape index (κ3) is 5.13. The molecule has 0 bridgehead atoms. The van der Waals surface area contributed by atoms with Crippen molar-refractivity contribution in [2.75, 3.05) is 12.4 Å². The zero-order valence-electron chi connectivity index (χ0n) is 22.0. The molecule has 1 aliphatic rings. The number of allylic oxidation sites excluding steroid dienone is 1. The summed E-state index contributed by atoms with van der Waals surface area (Å²) in [5.41, 5.74) is -0.755. The molecule has 13 nitrogen and oxygen atoms in total. The highest BCUT2D eigenvalue weighted by molar-refractivity contribution is 7.07. The number of hydrogen-bond donors (Lipinski definition) is 2. The molecule has 0 radical (unpaired) electrons. The summed E-state index contributed by atoms with van der Waals surface area (Å²) in [5, 5.41) is 36.1. The molecule has 4 aromatic rings. The van der Waals surface area contributed by atoms with Crippen LogP contribution in [-0.4, -0.2) is 32.5 Å². The third-order valence-corrected chi connectivity index (χ3v) is 7.51. The molecule has 2 N–H and O–H groups in total. The second-order valence-corrected chi connectivity index (χ2v) is 10.1. The SMILES string of the molecule is COc1ccc([C@@H]2C(C(=O)Nc3ccccc3)=C(C)N=c3s/c(=C/c4cc([N+](=O)[O-])cc([N+](=O)[O-])c4O)c(=O)n32)cc1. The summed E-state index contributed by atoms with van der Waals surface area (Å²) in [4.78, 5) is 53.2. The number of para-hydroxylation sites is 1. The van der Waals surface area contributed by atoms with Gasteiger partial charge in [0.25, 0.3) is 17.2 Å². The number of nitro benzene ring substituents is 2. The van der Waals surface area contributed by atoms with Crippen LogP contribution in [0.3, 0.4) is 0 Å². The van der Waals surface area contributed by atoms with E-state index in [0.29, 0.717) is 28.8 Å². The molecule has 2 heterocycles. The number of nitrogens with zero attached hydrogens (tertiary/aromatic N) is 4. The molecule has 14 heteroatoms. The Labute approximate surface area is 240 Å². The molecule has 0 spiro atoms. The van der Waals surface area contributed by atoms with E-state index in [1.807, 2.05) is 0 Å². The first-order valence-electron chi connectivity index (χ1n) is 12.3. The van der Waals surface area contributed by atoms with E-state index >= 15 is 0 Å². The van der Waals surface area contributed by atoms with Crippen molar-refractivity contribution in [2.45, 2.75) is 13.0 Å². The summed E-state index contributed by atoms with van der Waals surface area (Å²) in [6, 6.07) is 16.2. The van der Waals surface area contributed by atoms with Crippen molar-refractivity contribution in [3.8, 4) is 11.5 Å². The van der Waals surface area contributed by atoms with E-state index in [-0.39, 0.29) is 20.5 Å². The molecular formula is C28H21N5O8S. The number of phenolic OH excluding ortho intramolecular Hbond substituents is 1. The first-order valence-corrected chi connectivity index (χ1v) is 13.1. The molecule has 0 fully saturated rings. The predicted octanol–water partition coefficient (Wildman–Crippen LogP) is 3.40. The van der Waals surface area contributed by atoms with Crippen LogP contribution in [-0.2, 0) is 4.79 Å². The number of carbonyl (C=O) groups is 1. The van der Waals surface area contributed by atoms with Gasteiger partial charge in [0, 0.05) is 17.3 Å². The highest BCUT2D eigenvalue weighted by atomic mass is 32.1. The van der Waals surface area contributed by atoms with Crippen molar-refractivity contribution in [1.82, 2.24) is 4.57 Å². The normalized spacial score (nSPS) is 14.6. The third-order valence-electron chi connectivity index (χ3n) is 6.53. The lowest BCUT2D eigenvalue weighted by Gasteiger charge is -2.25. The fraction of sp³-hybridized carbons (Fsp3) is 0.107. The van der Waals surface area contributed by atoms with Crippen LogP contribution in [0.4, 0.5) is 17.1 Å². The summed E-state index contributed by atoms with van der Waals surface area (Å²) in [6.07, 6.45) is 1.13. The Balaban J connectivity index is 1.71. The molecule has 1 amide bonds. The van der Waals surface area contributed by atoms with Crippen LogP contribution in [0.15, 0.2) is 87.8 Å². The minimum absolute atomic E-state index is 0.0186. The van der Waals surface area contributed by atoms with Crippen molar-refractivity contribution < 1.29 is 24.5 Å². The van der Waals surface area contributed by atoms with Crippen molar-refractivity contribution in [3.63, 3.8) is 0 Å². The van der Waals surface area contributed by atoms with E-state index in [4.69, 9.17) is 4.74 Å². The second kappa shape index (κ2) is 11.1. The number of carbonyl (C=O) groups excluding carboxylic acids is 1. The van der Waals surface area contributed by atoms with E-state index < -0.39 is 44.5 Å². The van der Waals surface area contributed by atoms with Crippen LogP contribution in [0.5, 0.6) is 11.5 Å². The number of rotatable bonds is 7. The van der Waals surface area contributed by atoms with Crippen molar-refractivity contribution in [1.29, 1.82) is 0 Å². The number of fused-ring (bicyclic) bond motifs is 1. The first-order chi connectivity index (χ1) is 20.1. The summed E-state index contributed by atoms with van der Waals surface area (Å²) in [5.74, 6) is -0.753. The van der Waals surface area contributed by atoms with Gasteiger partial charge in [0.1, 0.15) is 5.75 Å². The maximum Gasteiger partial charge on any atom is 0.318 e. The highest BCUT2D eigenvalue weighted by Crippen LogP contribution is 2.35. The Morgan fingerprint density at radius 3 is 2.40 bits per heavy atom. The molecule has 0 aliphatic carbocycles. The number of anilines is 1. The molecule has 0 unspecified atom stereocenters. The van der Waals surface area contributed by atoms with Gasteiger partial charge >= 0.3 is 5.69 Å². The number of ether oxygens (including phenoxy) is 1. The molecular weight excluding hydrogens is 566 g/mol. The van der Waals surface area contributed by atoms with Crippen LogP contribution in [0.2, 0.25) is 0 Å². The van der Waals surface area contributed by atoms with E-state index in [2.05, 4.69) is 10.3 Å². The van der Waals surface area contributed by atoms with Crippen molar-refractivity contribution >= 4 is 40.4 Å². The van der Waals surface area contributed by atoms with Crippen molar-refractivity contribution in [2.24, 2.45) is 4.99 Å². The van der Waals surface area contributed by atoms with Gasteiger partial charge in [-0.3, -0.25) is 34.4 Å². The lowest BCUT2D eigenvalue weighted by Crippen LogP contribution is -2.40. The summed E-state index contributed by atoms with van der Waals surface area (Å²) in [6.45, 7) is 1.64. The zero-order chi connectivity index (χ0) is 30.1. The number of nitro groups is 2. The number of aromatic hydroxyl groups is 1. The molecule has 212 valence electrons. The first kappa shape index (κ1) is 27.9. The van der Waals surface area contributed by atoms with Crippen molar-refractivity contribution in [3.05, 3.63) is 129 Å². The van der Waals surface area contributed by atoms with Gasteiger partial charge in [-0.2, -0.15) is 0 Å². The smallest absolute Gasteiger partial charge is 0.318 e. The van der Waals surface area contributed by atoms with Gasteiger partial charge in [-0.05, 0) is 42.8 Å². The lowest BCUT2D eigenvalue weighted by molar-refractivity contribution is -0.394. The quantitative estimate of drug-likeness (QED) is 0.244. The number of methoxy groups -OCH3 is 1. The maximum atomic E-state index is 13.9. The van der Waals surface area contributed by atoms with Gasteiger partial charge in [-0.15, -0.1) is 0 Å². The number of thiazole rings is 1. The fourth-order valence-electron chi connectivity index (χ4n) is 4.55. The number of aromatic nitrogens is 1. The van der Waals surface area contributed by atoms with E-state index in [9.17, 15) is 34.9 Å². The topological polar surface area (TPSA) is 179 Å². The number of phenols is 1. The Morgan fingerprint density at radius 2 is 1.79 bits per heavy atom. The number of amides is 1. The van der Waals surface area contributed by atoms with Crippen LogP contribution >= 0.6 is 11.3 Å². The molecule has 42 heavy (non-hydrogen) atoms. The standard InChI is InChI=1S/C28H21N5O8S/c1-15-23(26(35)30-18-6-4-3-5-7-18)24(16-8-10-20(41-2)11-9-16)31-27(36)22(42-28(31)29-15)13-17-12-19(32(37)38)14-21(25(17)34)33(39)40/h3-14,24,34H,1-2H3,(H,30,35)/b22-13+/t24-/m1/s1. The van der Waals surface area contributed by atoms with Crippen LogP contribution < -0.4 is 24.9 Å². The molecule has 0 saturated heterocycles. The van der Waals surface area contributed by atoms with Gasteiger partial charge in [0.15, 0.2) is 4.80 Å². The number of non-ortho nitro benzene ring substituents is 1. The van der Waals surface area contributed by atoms with Gasteiger partial charge in [0.05, 0.1) is 44.9 Å². The summed E-state index contributed by atoms with van der Waals surface area (Å²) in [7, 11) is 1.51. The molecule has 5 rings (SSSR count).